The van der Waals surface area contributed by atoms with Crippen molar-refractivity contribution >= 4 is 17.9 Å². The van der Waals surface area contributed by atoms with Crippen molar-refractivity contribution in [2.75, 3.05) is 13.2 Å². The van der Waals surface area contributed by atoms with Crippen LogP contribution in [-0.4, -0.2) is 37.2 Å². The third kappa shape index (κ3) is 64.2. The first-order valence-electron chi connectivity index (χ1n) is 34.6. The Morgan fingerprint density at radius 2 is 0.500 bits per heavy atom. The maximum absolute atomic E-state index is 12.9. The highest BCUT2D eigenvalue weighted by Gasteiger charge is 2.19. The molecule has 0 aromatic heterocycles. The first-order chi connectivity index (χ1) is 38.5. The number of allylic oxidation sites excluding steroid dienone is 8. The third-order valence-electron chi connectivity index (χ3n) is 15.6. The van der Waals surface area contributed by atoms with E-state index in [1.54, 1.807) is 0 Å². The normalized spacial score (nSPS) is 12.3. The fourth-order valence-corrected chi connectivity index (χ4v) is 10.4. The molecule has 0 aromatic carbocycles. The summed E-state index contributed by atoms with van der Waals surface area (Å²) in [6, 6.07) is 0. The lowest BCUT2D eigenvalue weighted by Gasteiger charge is -2.18. The lowest BCUT2D eigenvalue weighted by atomic mass is 10.0. The Morgan fingerprint density at radius 3 is 0.782 bits per heavy atom. The van der Waals surface area contributed by atoms with Crippen molar-refractivity contribution in [2.45, 2.75) is 380 Å². The Morgan fingerprint density at radius 1 is 0.269 bits per heavy atom. The van der Waals surface area contributed by atoms with Crippen LogP contribution in [0.4, 0.5) is 0 Å². The predicted molar refractivity (Wildman–Crippen MR) is 339 cm³/mol. The van der Waals surface area contributed by atoms with E-state index in [9.17, 15) is 14.4 Å². The van der Waals surface area contributed by atoms with Crippen LogP contribution in [-0.2, 0) is 28.6 Å². The van der Waals surface area contributed by atoms with Gasteiger partial charge in [0.2, 0.25) is 0 Å². The second-order valence-corrected chi connectivity index (χ2v) is 23.4. The van der Waals surface area contributed by atoms with Crippen LogP contribution in [0.25, 0.3) is 0 Å². The molecule has 0 fully saturated rings. The molecule has 6 heteroatoms. The van der Waals surface area contributed by atoms with E-state index in [0.29, 0.717) is 19.3 Å². The Bertz CT molecular complexity index is 1350. The van der Waals surface area contributed by atoms with Crippen LogP contribution in [0.3, 0.4) is 0 Å². The van der Waals surface area contributed by atoms with Crippen molar-refractivity contribution in [1.82, 2.24) is 0 Å². The van der Waals surface area contributed by atoms with Gasteiger partial charge < -0.3 is 14.2 Å². The summed E-state index contributed by atoms with van der Waals surface area (Å²) in [5.74, 6) is -0.836. The molecule has 0 aliphatic carbocycles. The third-order valence-corrected chi connectivity index (χ3v) is 15.6. The van der Waals surface area contributed by atoms with Gasteiger partial charge in [-0.1, -0.05) is 345 Å². The molecule has 0 rings (SSSR count). The number of esters is 3. The van der Waals surface area contributed by atoms with Crippen LogP contribution in [0.15, 0.2) is 48.6 Å². The molecule has 0 saturated heterocycles. The quantitative estimate of drug-likeness (QED) is 0.0261. The minimum Gasteiger partial charge on any atom is -0.462 e. The van der Waals surface area contributed by atoms with E-state index in [1.807, 2.05) is 0 Å². The van der Waals surface area contributed by atoms with E-state index in [2.05, 4.69) is 69.4 Å². The smallest absolute Gasteiger partial charge is 0.306 e. The minimum absolute atomic E-state index is 0.0654. The van der Waals surface area contributed by atoms with Gasteiger partial charge in [-0.25, -0.2) is 0 Å². The molecule has 0 amide bonds. The van der Waals surface area contributed by atoms with E-state index < -0.39 is 6.10 Å². The molecule has 0 bridgehead atoms. The molecule has 0 saturated carbocycles. The number of hydrogen-bond donors (Lipinski definition) is 0. The molecule has 1 unspecified atom stereocenters. The zero-order chi connectivity index (χ0) is 56.4. The molecule has 0 aromatic rings. The fourth-order valence-electron chi connectivity index (χ4n) is 10.4. The Labute approximate surface area is 486 Å². The van der Waals surface area contributed by atoms with Gasteiger partial charge in [-0.05, 0) is 57.8 Å². The largest absolute Gasteiger partial charge is 0.462 e. The van der Waals surface area contributed by atoms with E-state index in [0.717, 1.165) is 83.5 Å². The maximum atomic E-state index is 12.9. The Hall–Kier alpha value is -2.63. The van der Waals surface area contributed by atoms with Gasteiger partial charge in [0, 0.05) is 19.3 Å². The average Bonchev–Trinajstić information content (AvgIpc) is 3.44. The summed E-state index contributed by atoms with van der Waals surface area (Å²) in [6.45, 7) is 6.60. The summed E-state index contributed by atoms with van der Waals surface area (Å²) < 4.78 is 17.0. The molecule has 6 nitrogen and oxygen atoms in total. The van der Waals surface area contributed by atoms with Gasteiger partial charge in [0.1, 0.15) is 13.2 Å². The predicted octanol–water partition coefficient (Wildman–Crippen LogP) is 23.7. The number of ether oxygens (including phenoxy) is 3. The molecule has 0 spiro atoms. The van der Waals surface area contributed by atoms with Gasteiger partial charge in [0.25, 0.3) is 0 Å². The molecule has 1 atom stereocenters. The lowest BCUT2D eigenvalue weighted by Crippen LogP contribution is -2.30. The number of rotatable bonds is 64. The summed E-state index contributed by atoms with van der Waals surface area (Å²) in [5.41, 5.74) is 0. The van der Waals surface area contributed by atoms with E-state index in [-0.39, 0.29) is 31.1 Å². The fraction of sp³-hybridized carbons (Fsp3) is 0.847. The first kappa shape index (κ1) is 75.4. The SMILES string of the molecule is CC/C=C\C/C=C\C/C=C\C/C=C\CCCCCCCCCCCCCCCCCCC(=O)OCC(COC(=O)CCCCCCCCCCCCCCCC)OC(=O)CCCCCCCCCCCCCCCCCCC. The highest BCUT2D eigenvalue weighted by atomic mass is 16.6. The standard InChI is InChI=1S/C72H132O6/c1-4-7-10-13-16-19-22-25-28-30-31-32-33-34-35-36-37-38-39-40-41-43-44-47-50-53-56-59-62-65-71(74)77-68-69(67-76-70(73)64-61-58-55-52-49-46-27-24-21-18-15-12-9-6-3)78-72(75)66-63-60-57-54-51-48-45-42-29-26-23-20-17-14-11-8-5-2/h7,10,16,19,25,28,31-32,69H,4-6,8-9,11-15,17-18,20-24,26-27,29-30,33-68H2,1-3H3/b10-7-,19-16-,28-25-,32-31-. The topological polar surface area (TPSA) is 78.9 Å². The van der Waals surface area contributed by atoms with Gasteiger partial charge in [0.15, 0.2) is 6.10 Å². The van der Waals surface area contributed by atoms with Crippen molar-refractivity contribution in [3.05, 3.63) is 48.6 Å². The molecule has 0 radical (unpaired) electrons. The monoisotopic (exact) mass is 1090 g/mol. The second kappa shape index (κ2) is 66.9. The van der Waals surface area contributed by atoms with Gasteiger partial charge in [0.05, 0.1) is 0 Å². The highest BCUT2D eigenvalue weighted by Crippen LogP contribution is 2.18. The van der Waals surface area contributed by atoms with Gasteiger partial charge >= 0.3 is 17.9 Å². The van der Waals surface area contributed by atoms with Gasteiger partial charge in [-0.3, -0.25) is 14.4 Å². The first-order valence-corrected chi connectivity index (χ1v) is 34.6. The second-order valence-electron chi connectivity index (χ2n) is 23.4. The minimum atomic E-state index is -0.768. The molecule has 0 heterocycles. The molecule has 0 aliphatic heterocycles. The molecule has 456 valence electrons. The van der Waals surface area contributed by atoms with Crippen molar-refractivity contribution in [2.24, 2.45) is 0 Å². The van der Waals surface area contributed by atoms with Crippen LogP contribution < -0.4 is 0 Å². The van der Waals surface area contributed by atoms with Gasteiger partial charge in [-0.15, -0.1) is 0 Å². The van der Waals surface area contributed by atoms with Crippen LogP contribution in [0, 0.1) is 0 Å². The molecular formula is C72H132O6. The van der Waals surface area contributed by atoms with Crippen molar-refractivity contribution in [3.63, 3.8) is 0 Å². The van der Waals surface area contributed by atoms with E-state index in [1.165, 1.54) is 250 Å². The summed E-state index contributed by atoms with van der Waals surface area (Å²) in [5, 5.41) is 0. The highest BCUT2D eigenvalue weighted by molar-refractivity contribution is 5.71. The van der Waals surface area contributed by atoms with Gasteiger partial charge in [-0.2, -0.15) is 0 Å². The molecule has 0 N–H and O–H groups in total. The number of carbonyl (C=O) groups is 3. The Balaban J connectivity index is 4.19. The number of hydrogen-bond acceptors (Lipinski definition) is 6. The maximum Gasteiger partial charge on any atom is 0.306 e. The molecular weight excluding hydrogens is 961 g/mol. The van der Waals surface area contributed by atoms with E-state index >= 15 is 0 Å². The average molecular weight is 1090 g/mol. The molecule has 78 heavy (non-hydrogen) atoms. The van der Waals surface area contributed by atoms with Crippen LogP contribution >= 0.6 is 0 Å². The zero-order valence-corrected chi connectivity index (χ0v) is 52.5. The Kier molecular flexibility index (Phi) is 64.6. The lowest BCUT2D eigenvalue weighted by molar-refractivity contribution is -0.167. The summed E-state index contributed by atoms with van der Waals surface area (Å²) >= 11 is 0. The van der Waals surface area contributed by atoms with Crippen LogP contribution in [0.5, 0.6) is 0 Å². The van der Waals surface area contributed by atoms with Crippen molar-refractivity contribution in [1.29, 1.82) is 0 Å². The summed E-state index contributed by atoms with van der Waals surface area (Å²) in [6.07, 6.45) is 84.2. The van der Waals surface area contributed by atoms with Crippen molar-refractivity contribution in [3.8, 4) is 0 Å². The number of carbonyl (C=O) groups excluding carboxylic acids is 3. The zero-order valence-electron chi connectivity index (χ0n) is 52.5. The summed E-state index contributed by atoms with van der Waals surface area (Å²) in [7, 11) is 0. The molecule has 0 aliphatic rings. The van der Waals surface area contributed by atoms with Crippen LogP contribution in [0.2, 0.25) is 0 Å². The van der Waals surface area contributed by atoms with Crippen molar-refractivity contribution < 1.29 is 28.6 Å². The number of unbranched alkanes of at least 4 members (excludes halogenated alkanes) is 45. The van der Waals surface area contributed by atoms with Crippen LogP contribution in [0.1, 0.15) is 374 Å². The summed E-state index contributed by atoms with van der Waals surface area (Å²) in [4.78, 5) is 38.4. The van der Waals surface area contributed by atoms with E-state index in [4.69, 9.17) is 14.2 Å².